The zero-order chi connectivity index (χ0) is 20.8. The van der Waals surface area contributed by atoms with E-state index < -0.39 is 29.3 Å². The van der Waals surface area contributed by atoms with E-state index in [4.69, 9.17) is 0 Å². The zero-order valence-corrected chi connectivity index (χ0v) is 16.0. The minimum Gasteiger partial charge on any atom is -0.362 e. The first kappa shape index (κ1) is 18.5. The standard InChI is InChI=1S/C21H19F4N3O/c1-19(2)8-13-15(14(29)9-19)20(7-6-10-11(20)4-3-5-12(10)22)16-17(21(23,24)25)27-28-18(16)26-13/h3-5,18,26H,6-9H2,1-2H3. The van der Waals surface area contributed by atoms with Crippen molar-refractivity contribution in [3.05, 3.63) is 57.7 Å². The molecule has 0 fully saturated rings. The van der Waals surface area contributed by atoms with Crippen LogP contribution in [0.2, 0.25) is 0 Å². The van der Waals surface area contributed by atoms with Crippen molar-refractivity contribution < 1.29 is 22.4 Å². The van der Waals surface area contributed by atoms with Gasteiger partial charge in [-0.3, -0.25) is 4.79 Å². The van der Waals surface area contributed by atoms with Crippen molar-refractivity contribution in [2.24, 2.45) is 15.6 Å². The molecule has 5 rings (SSSR count). The first-order chi connectivity index (χ1) is 13.5. The van der Waals surface area contributed by atoms with Gasteiger partial charge in [-0.1, -0.05) is 26.0 Å². The number of Topliss-reactive ketones (excluding diaryl/α,β-unsaturated/α-hetero) is 1. The second-order valence-corrected chi connectivity index (χ2v) is 8.99. The number of azo groups is 1. The van der Waals surface area contributed by atoms with E-state index in [2.05, 4.69) is 15.5 Å². The average Bonchev–Trinajstić information content (AvgIpc) is 3.17. The minimum atomic E-state index is -4.71. The molecule has 1 aromatic rings. The van der Waals surface area contributed by atoms with Crippen LogP contribution in [-0.4, -0.2) is 18.1 Å². The number of nitrogens with zero attached hydrogens (tertiary/aromatic N) is 2. The lowest BCUT2D eigenvalue weighted by molar-refractivity contribution is -0.119. The molecule has 1 N–H and O–H groups in total. The number of benzene rings is 1. The molecule has 0 saturated heterocycles. The summed E-state index contributed by atoms with van der Waals surface area (Å²) in [6, 6.07) is 4.44. The molecule has 2 heterocycles. The zero-order valence-electron chi connectivity index (χ0n) is 16.0. The molecule has 29 heavy (non-hydrogen) atoms. The van der Waals surface area contributed by atoms with E-state index in [1.807, 2.05) is 13.8 Å². The Balaban J connectivity index is 1.86. The molecule has 8 heteroatoms. The Labute approximate surface area is 164 Å². The van der Waals surface area contributed by atoms with E-state index in [1.165, 1.54) is 12.1 Å². The lowest BCUT2D eigenvalue weighted by Gasteiger charge is -2.47. The van der Waals surface area contributed by atoms with E-state index in [0.29, 0.717) is 28.8 Å². The Morgan fingerprint density at radius 2 is 1.97 bits per heavy atom. The van der Waals surface area contributed by atoms with Crippen LogP contribution in [0, 0.1) is 11.2 Å². The summed E-state index contributed by atoms with van der Waals surface area (Å²) in [6.45, 7) is 3.90. The molecule has 0 amide bonds. The van der Waals surface area contributed by atoms with Gasteiger partial charge in [0.25, 0.3) is 0 Å². The summed E-state index contributed by atoms with van der Waals surface area (Å²) < 4.78 is 56.1. The summed E-state index contributed by atoms with van der Waals surface area (Å²) in [5, 5.41) is 10.4. The van der Waals surface area contributed by atoms with Gasteiger partial charge in [0.2, 0.25) is 0 Å². The Morgan fingerprint density at radius 3 is 2.69 bits per heavy atom. The summed E-state index contributed by atoms with van der Waals surface area (Å²) in [5.74, 6) is -0.651. The van der Waals surface area contributed by atoms with Crippen molar-refractivity contribution in [1.29, 1.82) is 0 Å². The lowest BCUT2D eigenvalue weighted by atomic mass is 9.60. The monoisotopic (exact) mass is 405 g/mol. The summed E-state index contributed by atoms with van der Waals surface area (Å²) in [7, 11) is 0. The summed E-state index contributed by atoms with van der Waals surface area (Å²) in [5.41, 5.74) is -1.05. The molecule has 2 unspecified atom stereocenters. The van der Waals surface area contributed by atoms with Gasteiger partial charge in [0.05, 0.1) is 5.41 Å². The topological polar surface area (TPSA) is 53.8 Å². The third-order valence-electron chi connectivity index (χ3n) is 6.47. The fourth-order valence-electron chi connectivity index (χ4n) is 5.54. The van der Waals surface area contributed by atoms with Gasteiger partial charge in [-0.25, -0.2) is 4.39 Å². The van der Waals surface area contributed by atoms with Crippen molar-refractivity contribution in [1.82, 2.24) is 5.32 Å². The predicted octanol–water partition coefficient (Wildman–Crippen LogP) is 4.86. The summed E-state index contributed by atoms with van der Waals surface area (Å²) in [6.07, 6.45) is -4.51. The molecule has 2 atom stereocenters. The maximum atomic E-state index is 14.5. The van der Waals surface area contributed by atoms with Crippen LogP contribution in [0.1, 0.15) is 44.2 Å². The first-order valence-electron chi connectivity index (χ1n) is 9.58. The van der Waals surface area contributed by atoms with Crippen molar-refractivity contribution in [3.8, 4) is 0 Å². The molecule has 0 bridgehead atoms. The van der Waals surface area contributed by atoms with Gasteiger partial charge in [-0.2, -0.15) is 18.3 Å². The van der Waals surface area contributed by atoms with Gasteiger partial charge < -0.3 is 5.32 Å². The van der Waals surface area contributed by atoms with Crippen molar-refractivity contribution in [2.45, 2.75) is 57.3 Å². The predicted molar refractivity (Wildman–Crippen MR) is 96.3 cm³/mol. The highest BCUT2D eigenvalue weighted by Crippen LogP contribution is 2.59. The third-order valence-corrected chi connectivity index (χ3v) is 6.47. The van der Waals surface area contributed by atoms with Gasteiger partial charge >= 0.3 is 6.18 Å². The molecule has 0 aromatic heterocycles. The highest BCUT2D eigenvalue weighted by molar-refractivity contribution is 6.02. The highest BCUT2D eigenvalue weighted by Gasteiger charge is 2.60. The van der Waals surface area contributed by atoms with Crippen molar-refractivity contribution >= 4 is 5.78 Å². The maximum absolute atomic E-state index is 14.5. The Bertz CT molecular complexity index is 1050. The Morgan fingerprint density at radius 1 is 1.21 bits per heavy atom. The number of fused-ring (bicyclic) bond motifs is 5. The largest absolute Gasteiger partial charge is 0.435 e. The fraction of sp³-hybridized carbons (Fsp3) is 0.476. The van der Waals surface area contributed by atoms with Crippen LogP contribution < -0.4 is 5.32 Å². The van der Waals surface area contributed by atoms with Crippen LogP contribution >= 0.6 is 0 Å². The fourth-order valence-corrected chi connectivity index (χ4v) is 5.54. The van der Waals surface area contributed by atoms with Gasteiger partial charge in [0.1, 0.15) is 5.82 Å². The number of halogens is 4. The molecule has 2 aliphatic carbocycles. The molecule has 4 aliphatic rings. The lowest BCUT2D eigenvalue weighted by Crippen LogP contribution is -2.51. The normalized spacial score (nSPS) is 29.9. The molecule has 1 spiro atoms. The number of carbonyl (C=O) groups excluding carboxylic acids is 1. The number of hydrogen-bond donors (Lipinski definition) is 1. The van der Waals surface area contributed by atoms with Crippen LogP contribution in [-0.2, 0) is 16.6 Å². The third kappa shape index (κ3) is 2.40. The van der Waals surface area contributed by atoms with E-state index in [0.717, 1.165) is 0 Å². The number of rotatable bonds is 0. The van der Waals surface area contributed by atoms with Crippen molar-refractivity contribution in [2.75, 3.05) is 0 Å². The number of nitrogens with one attached hydrogen (secondary N) is 1. The second-order valence-electron chi connectivity index (χ2n) is 8.99. The van der Waals surface area contributed by atoms with Gasteiger partial charge in [0.15, 0.2) is 17.6 Å². The van der Waals surface area contributed by atoms with Crippen LogP contribution in [0.5, 0.6) is 0 Å². The first-order valence-corrected chi connectivity index (χ1v) is 9.58. The molecular formula is C21H19F4N3O. The number of allylic oxidation sites excluding steroid dienone is 3. The molecule has 4 nitrogen and oxygen atoms in total. The smallest absolute Gasteiger partial charge is 0.362 e. The number of alkyl halides is 3. The number of ketones is 1. The van der Waals surface area contributed by atoms with E-state index in [1.54, 1.807) is 6.07 Å². The molecule has 1 aromatic carbocycles. The van der Waals surface area contributed by atoms with Gasteiger partial charge in [-0.05, 0) is 41.9 Å². The van der Waals surface area contributed by atoms with Crippen LogP contribution in [0.25, 0.3) is 0 Å². The quantitative estimate of drug-likeness (QED) is 0.627. The highest BCUT2D eigenvalue weighted by atomic mass is 19.4. The maximum Gasteiger partial charge on any atom is 0.435 e. The van der Waals surface area contributed by atoms with E-state index in [9.17, 15) is 22.4 Å². The molecule has 0 saturated carbocycles. The van der Waals surface area contributed by atoms with Crippen LogP contribution in [0.15, 0.2) is 51.0 Å². The van der Waals surface area contributed by atoms with Gasteiger partial charge in [-0.15, -0.1) is 5.11 Å². The number of carbonyl (C=O) groups is 1. The van der Waals surface area contributed by atoms with Gasteiger partial charge in [0, 0.05) is 23.3 Å². The van der Waals surface area contributed by atoms with Crippen LogP contribution in [0.3, 0.4) is 0 Å². The summed E-state index contributed by atoms with van der Waals surface area (Å²) >= 11 is 0. The number of hydrogen-bond acceptors (Lipinski definition) is 4. The average molecular weight is 405 g/mol. The summed E-state index contributed by atoms with van der Waals surface area (Å²) in [4.78, 5) is 13.3. The van der Waals surface area contributed by atoms with E-state index >= 15 is 0 Å². The van der Waals surface area contributed by atoms with Crippen molar-refractivity contribution in [3.63, 3.8) is 0 Å². The Kier molecular flexibility index (Phi) is 3.54. The molecule has 2 aliphatic heterocycles. The van der Waals surface area contributed by atoms with E-state index in [-0.39, 0.29) is 36.0 Å². The van der Waals surface area contributed by atoms with Crippen LogP contribution in [0.4, 0.5) is 17.6 Å². The minimum absolute atomic E-state index is 0.0684. The second kappa shape index (κ2) is 5.55. The SMILES string of the molecule is CC1(C)CC(=O)C2=C(C1)NC1N=NC(C(F)(F)F)=C1C21CCc2c(F)cccc21. The molecule has 152 valence electrons. The molecule has 0 radical (unpaired) electrons. The Hall–Kier alpha value is -2.51. The molecular weight excluding hydrogens is 386 g/mol.